The van der Waals surface area contributed by atoms with E-state index >= 15 is 0 Å². The molecular weight excluding hydrogens is 484 g/mol. The van der Waals surface area contributed by atoms with Gasteiger partial charge in [-0.1, -0.05) is 46.3 Å². The van der Waals surface area contributed by atoms with E-state index in [2.05, 4.69) is 20.8 Å². The number of esters is 1. The fraction of sp³-hybridized carbons (Fsp3) is 0.645. The van der Waals surface area contributed by atoms with E-state index < -0.39 is 46.1 Å². The Hall–Kier alpha value is -2.67. The molecule has 0 bridgehead atoms. The summed E-state index contributed by atoms with van der Waals surface area (Å²) in [5, 5.41) is 21.8. The first-order valence-electron chi connectivity index (χ1n) is 13.5. The van der Waals surface area contributed by atoms with Gasteiger partial charge in [-0.25, -0.2) is 0 Å². The van der Waals surface area contributed by atoms with Crippen molar-refractivity contribution in [1.82, 2.24) is 0 Å². The first-order chi connectivity index (χ1) is 17.5. The van der Waals surface area contributed by atoms with E-state index in [0.29, 0.717) is 19.3 Å². The molecule has 1 aromatic rings. The maximum atomic E-state index is 13.7. The summed E-state index contributed by atoms with van der Waals surface area (Å²) >= 11 is 0. The van der Waals surface area contributed by atoms with Crippen molar-refractivity contribution in [3.63, 3.8) is 0 Å². The van der Waals surface area contributed by atoms with Crippen LogP contribution in [0, 0.1) is 28.1 Å². The van der Waals surface area contributed by atoms with Crippen LogP contribution in [0.4, 0.5) is 0 Å². The molecule has 38 heavy (non-hydrogen) atoms. The number of carbonyl (C=O) groups is 3. The van der Waals surface area contributed by atoms with Crippen LogP contribution in [0.5, 0.6) is 0 Å². The molecule has 0 aliphatic heterocycles. The third kappa shape index (κ3) is 4.00. The zero-order valence-corrected chi connectivity index (χ0v) is 23.9. The highest BCUT2D eigenvalue weighted by atomic mass is 16.5. The zero-order chi connectivity index (χ0) is 28.4. The predicted molar refractivity (Wildman–Crippen MR) is 142 cm³/mol. The number of carbonyl (C=O) groups excluding carboxylic acids is 2. The normalized spacial score (nSPS) is 37.3. The Morgan fingerprint density at radius 3 is 2.45 bits per heavy atom. The summed E-state index contributed by atoms with van der Waals surface area (Å²) in [5.41, 5.74) is -0.356. The molecule has 2 N–H and O–H groups in total. The molecule has 0 radical (unpaired) electrons. The molecule has 0 aromatic carbocycles. The third-order valence-corrected chi connectivity index (χ3v) is 10.2. The summed E-state index contributed by atoms with van der Waals surface area (Å²) in [6, 6.07) is 1.98. The summed E-state index contributed by atoms with van der Waals surface area (Å²) in [6.45, 7) is 13.8. The van der Waals surface area contributed by atoms with Crippen molar-refractivity contribution in [3.8, 4) is 0 Å². The highest BCUT2D eigenvalue weighted by Gasteiger charge is 2.65. The lowest BCUT2D eigenvalue weighted by molar-refractivity contribution is -0.168. The minimum absolute atomic E-state index is 0.0393. The Morgan fingerprint density at radius 2 is 1.87 bits per heavy atom. The second kappa shape index (κ2) is 9.22. The van der Waals surface area contributed by atoms with Crippen molar-refractivity contribution in [2.24, 2.45) is 28.1 Å². The van der Waals surface area contributed by atoms with E-state index in [1.54, 1.807) is 13.2 Å². The number of aliphatic hydroxyl groups excluding tert-OH is 1. The van der Waals surface area contributed by atoms with E-state index in [9.17, 15) is 24.6 Å². The van der Waals surface area contributed by atoms with Gasteiger partial charge in [-0.3, -0.25) is 14.4 Å². The summed E-state index contributed by atoms with van der Waals surface area (Å²) in [7, 11) is 1.32. The molecule has 3 aliphatic rings. The third-order valence-electron chi connectivity index (χ3n) is 10.2. The Bertz CT molecular complexity index is 1210. The number of aliphatic carboxylic acids is 1. The van der Waals surface area contributed by atoms with Gasteiger partial charge in [0.1, 0.15) is 5.76 Å². The molecule has 1 saturated carbocycles. The van der Waals surface area contributed by atoms with E-state index in [1.807, 2.05) is 26.8 Å². The van der Waals surface area contributed by atoms with Gasteiger partial charge < -0.3 is 19.4 Å². The molecule has 7 heteroatoms. The lowest BCUT2D eigenvalue weighted by Crippen LogP contribution is -2.60. The van der Waals surface area contributed by atoms with E-state index in [1.165, 1.54) is 19.3 Å². The van der Waals surface area contributed by atoms with Crippen LogP contribution in [-0.2, 0) is 24.5 Å². The molecule has 0 spiro atoms. The van der Waals surface area contributed by atoms with Crippen molar-refractivity contribution in [1.29, 1.82) is 0 Å². The first-order valence-corrected chi connectivity index (χ1v) is 13.5. The standard InChI is InChI=1S/C31H42O7/c1-17-19(18-11-14-38-26(18)28(2,3)4)15-20(32)25(17)29(5)12-9-21-30(6,27(35)36)13-10-23(33)31(21,7)22(29)16-24(34)37-8/h10-11,13-14,19-22,32H,9,12,15-16H2,1-8H3,(H,35,36)/t19-,20-,21?,22+,29-,30-,31+/m1/s1. The minimum atomic E-state index is -1.24. The molecule has 0 saturated heterocycles. The van der Waals surface area contributed by atoms with Gasteiger partial charge in [0.25, 0.3) is 0 Å². The molecular formula is C31H42O7. The number of allylic oxidation sites excluding steroid dienone is 2. The Balaban J connectivity index is 1.89. The Morgan fingerprint density at radius 1 is 1.21 bits per heavy atom. The van der Waals surface area contributed by atoms with Gasteiger partial charge in [0.2, 0.25) is 0 Å². The summed E-state index contributed by atoms with van der Waals surface area (Å²) in [6.07, 6.45) is 5.32. The number of carboxylic acid groups (broad SMARTS) is 1. The number of aliphatic hydroxyl groups is 1. The van der Waals surface area contributed by atoms with Gasteiger partial charge in [0.05, 0.1) is 31.3 Å². The fourth-order valence-corrected chi connectivity index (χ4v) is 8.23. The van der Waals surface area contributed by atoms with E-state index in [0.717, 1.165) is 22.5 Å². The largest absolute Gasteiger partial charge is 0.481 e. The number of rotatable bonds is 5. The van der Waals surface area contributed by atoms with Crippen LogP contribution in [0.2, 0.25) is 0 Å². The molecule has 7 nitrogen and oxygen atoms in total. The van der Waals surface area contributed by atoms with Crippen molar-refractivity contribution >= 4 is 17.7 Å². The summed E-state index contributed by atoms with van der Waals surface area (Å²) in [4.78, 5) is 39.0. The number of ether oxygens (including phenoxy) is 1. The molecule has 1 unspecified atom stereocenters. The number of methoxy groups -OCH3 is 1. The monoisotopic (exact) mass is 526 g/mol. The summed E-state index contributed by atoms with van der Waals surface area (Å²) in [5.74, 6) is -1.83. The van der Waals surface area contributed by atoms with Crippen molar-refractivity contribution < 1.29 is 33.8 Å². The first kappa shape index (κ1) is 28.3. The van der Waals surface area contributed by atoms with Crippen LogP contribution < -0.4 is 0 Å². The van der Waals surface area contributed by atoms with Crippen molar-refractivity contribution in [2.75, 3.05) is 7.11 Å². The van der Waals surface area contributed by atoms with Crippen LogP contribution in [0.25, 0.3) is 0 Å². The lowest BCUT2D eigenvalue weighted by atomic mass is 9.42. The second-order valence-electron chi connectivity index (χ2n) is 13.3. The smallest absolute Gasteiger partial charge is 0.313 e. The number of furan rings is 1. The lowest BCUT2D eigenvalue weighted by Gasteiger charge is -2.60. The highest BCUT2D eigenvalue weighted by molar-refractivity contribution is 5.99. The maximum absolute atomic E-state index is 13.7. The molecule has 1 heterocycles. The summed E-state index contributed by atoms with van der Waals surface area (Å²) < 4.78 is 11.0. The number of carboxylic acids is 1. The minimum Gasteiger partial charge on any atom is -0.481 e. The van der Waals surface area contributed by atoms with Crippen LogP contribution in [0.1, 0.15) is 91.4 Å². The molecule has 1 aromatic heterocycles. The van der Waals surface area contributed by atoms with Crippen molar-refractivity contribution in [2.45, 2.75) is 91.6 Å². The average Bonchev–Trinajstić information content (AvgIpc) is 3.43. The van der Waals surface area contributed by atoms with Gasteiger partial charge in [-0.15, -0.1) is 0 Å². The average molecular weight is 527 g/mol. The number of hydrogen-bond acceptors (Lipinski definition) is 6. The number of hydrogen-bond donors (Lipinski definition) is 2. The molecule has 208 valence electrons. The number of ketones is 1. The number of fused-ring (bicyclic) bond motifs is 1. The van der Waals surface area contributed by atoms with Crippen LogP contribution in [-0.4, -0.2) is 41.1 Å². The van der Waals surface area contributed by atoms with Crippen LogP contribution in [0.15, 0.2) is 40.0 Å². The molecule has 1 fully saturated rings. The Kier molecular flexibility index (Phi) is 6.87. The van der Waals surface area contributed by atoms with Gasteiger partial charge in [0.15, 0.2) is 5.78 Å². The van der Waals surface area contributed by atoms with Crippen LogP contribution in [0.3, 0.4) is 0 Å². The molecule has 7 atom stereocenters. The van der Waals surface area contributed by atoms with Crippen LogP contribution >= 0.6 is 0 Å². The molecule has 3 aliphatic carbocycles. The molecule has 0 amide bonds. The zero-order valence-electron chi connectivity index (χ0n) is 23.9. The van der Waals surface area contributed by atoms with Gasteiger partial charge in [0, 0.05) is 22.3 Å². The second-order valence-corrected chi connectivity index (χ2v) is 13.3. The maximum Gasteiger partial charge on any atom is 0.313 e. The highest BCUT2D eigenvalue weighted by Crippen LogP contribution is 2.66. The van der Waals surface area contributed by atoms with Gasteiger partial charge >= 0.3 is 11.9 Å². The van der Waals surface area contributed by atoms with Gasteiger partial charge in [-0.2, -0.15) is 0 Å². The van der Waals surface area contributed by atoms with Gasteiger partial charge in [-0.05, 0) is 68.1 Å². The fourth-order valence-electron chi connectivity index (χ4n) is 8.23. The predicted octanol–water partition coefficient (Wildman–Crippen LogP) is 5.57. The topological polar surface area (TPSA) is 114 Å². The molecule has 4 rings (SSSR count). The van der Waals surface area contributed by atoms with E-state index in [-0.39, 0.29) is 23.5 Å². The van der Waals surface area contributed by atoms with Crippen molar-refractivity contribution in [3.05, 3.63) is 47.0 Å². The Labute approximate surface area is 225 Å². The SMILES string of the molecule is COC(=O)C[C@H]1[C@](C)(C2=C(C)[C@H](c3ccoc3C(C)(C)C)C[C@H]2O)CCC2[C@](C)(C(=O)O)C=CC(=O)[C@@]21C. The van der Waals surface area contributed by atoms with E-state index in [4.69, 9.17) is 9.15 Å². The quantitative estimate of drug-likeness (QED) is 0.381.